The van der Waals surface area contributed by atoms with Crippen LogP contribution in [0.5, 0.6) is 0 Å². The summed E-state index contributed by atoms with van der Waals surface area (Å²) in [5.41, 5.74) is 1.31. The number of anilines is 2. The van der Waals surface area contributed by atoms with E-state index in [1.54, 1.807) is 0 Å². The minimum absolute atomic E-state index is 0.180. The van der Waals surface area contributed by atoms with Gasteiger partial charge in [0.25, 0.3) is 0 Å². The summed E-state index contributed by atoms with van der Waals surface area (Å²) in [7, 11) is 1.83. The third-order valence-electron chi connectivity index (χ3n) is 2.85. The highest BCUT2D eigenvalue weighted by molar-refractivity contribution is 6.42. The highest BCUT2D eigenvalue weighted by atomic mass is 35.5. The van der Waals surface area contributed by atoms with Gasteiger partial charge >= 0.3 is 0 Å². The fourth-order valence-corrected chi connectivity index (χ4v) is 2.74. The van der Waals surface area contributed by atoms with Crippen LogP contribution in [0, 0.1) is 0 Å². The third kappa shape index (κ3) is 4.27. The molecule has 110 valence electrons. The summed E-state index contributed by atoms with van der Waals surface area (Å²) in [6.07, 6.45) is 0. The van der Waals surface area contributed by atoms with E-state index >= 15 is 0 Å². The minimum Gasteiger partial charge on any atom is -0.365 e. The molecule has 0 spiro atoms. The number of rotatable bonds is 4. The van der Waals surface area contributed by atoms with Crippen molar-refractivity contribution in [3.8, 4) is 0 Å². The van der Waals surface area contributed by atoms with Gasteiger partial charge < -0.3 is 10.2 Å². The van der Waals surface area contributed by atoms with Crippen LogP contribution in [0.4, 0.5) is 11.4 Å². The molecule has 0 bridgehead atoms. The maximum atomic E-state index is 12.1. The Balaban J connectivity index is 2.06. The van der Waals surface area contributed by atoms with Gasteiger partial charge in [-0.25, -0.2) is 0 Å². The normalized spacial score (nSPS) is 10.3. The quantitative estimate of drug-likeness (QED) is 0.871. The van der Waals surface area contributed by atoms with E-state index in [4.69, 9.17) is 34.8 Å². The predicted octanol–water partition coefficient (Wildman–Crippen LogP) is 4.72. The van der Waals surface area contributed by atoms with E-state index in [-0.39, 0.29) is 12.5 Å². The average Bonchev–Trinajstić information content (AvgIpc) is 2.43. The Kier molecular flexibility index (Phi) is 5.34. The molecule has 0 fully saturated rings. The molecule has 2 rings (SSSR count). The number of halogens is 3. The van der Waals surface area contributed by atoms with Crippen LogP contribution in [0.25, 0.3) is 0 Å². The fraction of sp³-hybridized carbons (Fsp3) is 0.133. The van der Waals surface area contributed by atoms with E-state index < -0.39 is 0 Å². The van der Waals surface area contributed by atoms with Gasteiger partial charge in [0.2, 0.25) is 5.91 Å². The molecule has 3 nitrogen and oxygen atoms in total. The second kappa shape index (κ2) is 7.03. The van der Waals surface area contributed by atoms with E-state index in [1.165, 1.54) is 12.1 Å². The number of likely N-dealkylation sites (N-methyl/N-ethyl adjacent to an activating group) is 1. The van der Waals surface area contributed by atoms with Crippen LogP contribution in [0.3, 0.4) is 0 Å². The molecule has 1 N–H and O–H groups in total. The molecule has 2 aromatic rings. The van der Waals surface area contributed by atoms with E-state index in [1.807, 2.05) is 42.3 Å². The first-order valence-electron chi connectivity index (χ1n) is 6.18. The molecular formula is C15H13Cl3N2O. The lowest BCUT2D eigenvalue weighted by Crippen LogP contribution is -2.30. The molecule has 0 unspecified atom stereocenters. The van der Waals surface area contributed by atoms with Gasteiger partial charge in [-0.15, -0.1) is 0 Å². The van der Waals surface area contributed by atoms with Crippen molar-refractivity contribution in [1.82, 2.24) is 0 Å². The Morgan fingerprint density at radius 1 is 1.10 bits per heavy atom. The first kappa shape index (κ1) is 16.0. The molecule has 2 aromatic carbocycles. The van der Waals surface area contributed by atoms with Gasteiger partial charge in [-0.3, -0.25) is 4.79 Å². The summed E-state index contributed by atoms with van der Waals surface area (Å²) in [6.45, 7) is 0.180. The average molecular weight is 344 g/mol. The molecule has 0 aliphatic rings. The van der Waals surface area contributed by atoms with Crippen molar-refractivity contribution in [3.63, 3.8) is 0 Å². The Hall–Kier alpha value is -1.42. The second-order valence-electron chi connectivity index (χ2n) is 4.48. The SMILES string of the molecule is CN(CC(=O)Nc1c(Cl)cc(Cl)cc1Cl)c1ccccc1. The predicted molar refractivity (Wildman–Crippen MR) is 89.8 cm³/mol. The fourth-order valence-electron chi connectivity index (χ4n) is 1.83. The number of carbonyl (C=O) groups excluding carboxylic acids is 1. The van der Waals surface area contributed by atoms with Crippen LogP contribution in [0.15, 0.2) is 42.5 Å². The standard InChI is InChI=1S/C15H13Cl3N2O/c1-20(11-5-3-2-4-6-11)9-14(21)19-15-12(17)7-10(16)8-13(15)18/h2-8H,9H2,1H3,(H,19,21). The van der Waals surface area contributed by atoms with Crippen molar-refractivity contribution in [2.24, 2.45) is 0 Å². The number of nitrogens with one attached hydrogen (secondary N) is 1. The Morgan fingerprint density at radius 3 is 2.24 bits per heavy atom. The largest absolute Gasteiger partial charge is 0.365 e. The molecule has 0 aromatic heterocycles. The molecular weight excluding hydrogens is 331 g/mol. The number of amides is 1. The number of carbonyl (C=O) groups is 1. The first-order valence-corrected chi connectivity index (χ1v) is 7.31. The van der Waals surface area contributed by atoms with Crippen LogP contribution >= 0.6 is 34.8 Å². The van der Waals surface area contributed by atoms with E-state index in [2.05, 4.69) is 5.32 Å². The van der Waals surface area contributed by atoms with Crippen LogP contribution in [0.1, 0.15) is 0 Å². The zero-order valence-electron chi connectivity index (χ0n) is 11.2. The highest BCUT2D eigenvalue weighted by Crippen LogP contribution is 2.33. The van der Waals surface area contributed by atoms with Crippen molar-refractivity contribution in [2.75, 3.05) is 23.8 Å². The van der Waals surface area contributed by atoms with Gasteiger partial charge in [0.05, 0.1) is 22.3 Å². The molecule has 0 saturated heterocycles. The summed E-state index contributed by atoms with van der Waals surface area (Å²) >= 11 is 17.9. The van der Waals surface area contributed by atoms with E-state index in [9.17, 15) is 4.79 Å². The van der Waals surface area contributed by atoms with Crippen molar-refractivity contribution in [2.45, 2.75) is 0 Å². The van der Waals surface area contributed by atoms with Crippen LogP contribution in [-0.2, 0) is 4.79 Å². The lowest BCUT2D eigenvalue weighted by molar-refractivity contribution is -0.114. The molecule has 0 atom stereocenters. The molecule has 0 aliphatic heterocycles. The number of hydrogen-bond acceptors (Lipinski definition) is 2. The summed E-state index contributed by atoms with van der Waals surface area (Å²) in [5.74, 6) is -0.215. The van der Waals surface area contributed by atoms with Gasteiger partial charge in [0.1, 0.15) is 0 Å². The maximum Gasteiger partial charge on any atom is 0.243 e. The smallest absolute Gasteiger partial charge is 0.243 e. The second-order valence-corrected chi connectivity index (χ2v) is 5.74. The van der Waals surface area contributed by atoms with Crippen LogP contribution < -0.4 is 10.2 Å². The topological polar surface area (TPSA) is 32.3 Å². The van der Waals surface area contributed by atoms with E-state index in [0.29, 0.717) is 20.8 Å². The maximum absolute atomic E-state index is 12.1. The summed E-state index contributed by atoms with van der Waals surface area (Å²) in [5, 5.41) is 3.74. The van der Waals surface area contributed by atoms with Crippen LogP contribution in [0.2, 0.25) is 15.1 Å². The lowest BCUT2D eigenvalue weighted by atomic mass is 10.3. The van der Waals surface area contributed by atoms with Crippen molar-refractivity contribution in [1.29, 1.82) is 0 Å². The summed E-state index contributed by atoms with van der Waals surface area (Å²) < 4.78 is 0. The molecule has 0 radical (unpaired) electrons. The van der Waals surface area contributed by atoms with Crippen molar-refractivity contribution < 1.29 is 4.79 Å². The van der Waals surface area contributed by atoms with Gasteiger partial charge in [-0.2, -0.15) is 0 Å². The lowest BCUT2D eigenvalue weighted by Gasteiger charge is -2.19. The molecule has 1 amide bonds. The van der Waals surface area contributed by atoms with E-state index in [0.717, 1.165) is 5.69 Å². The molecule has 0 aliphatic carbocycles. The Bertz CT molecular complexity index is 624. The van der Waals surface area contributed by atoms with Gasteiger partial charge in [-0.05, 0) is 24.3 Å². The van der Waals surface area contributed by atoms with Crippen molar-refractivity contribution >= 4 is 52.1 Å². The van der Waals surface area contributed by atoms with Crippen LogP contribution in [-0.4, -0.2) is 19.5 Å². The molecule has 0 saturated carbocycles. The number of para-hydroxylation sites is 1. The number of nitrogens with zero attached hydrogens (tertiary/aromatic N) is 1. The highest BCUT2D eigenvalue weighted by Gasteiger charge is 2.13. The first-order chi connectivity index (χ1) is 9.97. The zero-order valence-corrected chi connectivity index (χ0v) is 13.5. The van der Waals surface area contributed by atoms with Gasteiger partial charge in [-0.1, -0.05) is 53.0 Å². The van der Waals surface area contributed by atoms with Crippen molar-refractivity contribution in [3.05, 3.63) is 57.5 Å². The minimum atomic E-state index is -0.215. The van der Waals surface area contributed by atoms with Gasteiger partial charge in [0, 0.05) is 17.8 Å². The van der Waals surface area contributed by atoms with Gasteiger partial charge in [0.15, 0.2) is 0 Å². The molecule has 6 heteroatoms. The monoisotopic (exact) mass is 342 g/mol. The molecule has 21 heavy (non-hydrogen) atoms. The number of hydrogen-bond donors (Lipinski definition) is 1. The Morgan fingerprint density at radius 2 is 1.67 bits per heavy atom. The summed E-state index contributed by atoms with van der Waals surface area (Å²) in [4.78, 5) is 13.9. The molecule has 0 heterocycles. The summed E-state index contributed by atoms with van der Waals surface area (Å²) in [6, 6.07) is 12.7. The number of benzene rings is 2. The third-order valence-corrected chi connectivity index (χ3v) is 3.66. The zero-order chi connectivity index (χ0) is 15.4. The Labute approximate surface area is 138 Å².